The SMILES string of the molecule is CCC1OC1CCC(=O)Oc1c2ccccc2c(OC(=O)CCC2OC2CC)c2ccccc12. The minimum atomic E-state index is -0.291. The van der Waals surface area contributed by atoms with Gasteiger partial charge in [0.05, 0.1) is 24.4 Å². The molecule has 0 spiro atoms. The van der Waals surface area contributed by atoms with Crippen LogP contribution >= 0.6 is 0 Å². The Morgan fingerprint density at radius 2 is 1.00 bits per heavy atom. The van der Waals surface area contributed by atoms with Crippen molar-refractivity contribution < 1.29 is 28.5 Å². The van der Waals surface area contributed by atoms with E-state index in [4.69, 9.17) is 18.9 Å². The monoisotopic (exact) mass is 462 g/mol. The number of hydrogen-bond acceptors (Lipinski definition) is 6. The average molecular weight is 463 g/mol. The minimum Gasteiger partial charge on any atom is -0.425 e. The molecule has 5 rings (SSSR count). The van der Waals surface area contributed by atoms with Crippen molar-refractivity contribution in [3.63, 3.8) is 0 Å². The molecule has 2 aliphatic heterocycles. The van der Waals surface area contributed by atoms with E-state index in [1.165, 1.54) is 0 Å². The van der Waals surface area contributed by atoms with Crippen LogP contribution < -0.4 is 9.47 Å². The number of rotatable bonds is 10. The average Bonchev–Trinajstić information content (AvgIpc) is 3.78. The van der Waals surface area contributed by atoms with Gasteiger partial charge in [0.25, 0.3) is 0 Å². The van der Waals surface area contributed by atoms with Gasteiger partial charge in [-0.25, -0.2) is 0 Å². The molecule has 2 fully saturated rings. The summed E-state index contributed by atoms with van der Waals surface area (Å²) in [7, 11) is 0. The third-order valence-corrected chi connectivity index (χ3v) is 6.71. The quantitative estimate of drug-likeness (QED) is 0.166. The van der Waals surface area contributed by atoms with Crippen LogP contribution in [0.15, 0.2) is 48.5 Å². The summed E-state index contributed by atoms with van der Waals surface area (Å²) in [6, 6.07) is 15.1. The van der Waals surface area contributed by atoms with E-state index in [0.29, 0.717) is 37.2 Å². The molecule has 3 aromatic carbocycles. The summed E-state index contributed by atoms with van der Waals surface area (Å²) in [5.41, 5.74) is 0. The van der Waals surface area contributed by atoms with Gasteiger partial charge in [-0.15, -0.1) is 0 Å². The molecule has 4 atom stereocenters. The van der Waals surface area contributed by atoms with E-state index in [2.05, 4.69) is 13.8 Å². The molecule has 34 heavy (non-hydrogen) atoms. The summed E-state index contributed by atoms with van der Waals surface area (Å²) in [4.78, 5) is 25.4. The molecule has 4 unspecified atom stereocenters. The summed E-state index contributed by atoms with van der Waals surface area (Å²) in [5.74, 6) is 0.412. The van der Waals surface area contributed by atoms with Gasteiger partial charge >= 0.3 is 11.9 Å². The Balaban J connectivity index is 1.40. The van der Waals surface area contributed by atoms with Crippen LogP contribution in [0.4, 0.5) is 0 Å². The van der Waals surface area contributed by atoms with Crippen LogP contribution in [0.1, 0.15) is 52.4 Å². The van der Waals surface area contributed by atoms with Crippen molar-refractivity contribution in [1.82, 2.24) is 0 Å². The molecule has 2 heterocycles. The van der Waals surface area contributed by atoms with Crippen LogP contribution in [0.5, 0.6) is 11.5 Å². The first kappa shape index (κ1) is 22.8. The fourth-order valence-corrected chi connectivity index (χ4v) is 4.70. The highest BCUT2D eigenvalue weighted by molar-refractivity contribution is 6.12. The molecule has 0 saturated carbocycles. The number of ether oxygens (including phenoxy) is 4. The minimum absolute atomic E-state index is 0.154. The first-order valence-corrected chi connectivity index (χ1v) is 12.2. The van der Waals surface area contributed by atoms with Gasteiger partial charge < -0.3 is 18.9 Å². The largest absolute Gasteiger partial charge is 0.425 e. The van der Waals surface area contributed by atoms with E-state index < -0.39 is 0 Å². The maximum absolute atomic E-state index is 12.7. The predicted molar refractivity (Wildman–Crippen MR) is 129 cm³/mol. The third kappa shape index (κ3) is 4.79. The molecule has 2 saturated heterocycles. The number of hydrogen-bond donors (Lipinski definition) is 0. The first-order chi connectivity index (χ1) is 16.6. The molecule has 0 N–H and O–H groups in total. The smallest absolute Gasteiger partial charge is 0.311 e. The summed E-state index contributed by atoms with van der Waals surface area (Å²) in [5, 5.41) is 2.96. The Kier molecular flexibility index (Phi) is 6.53. The summed E-state index contributed by atoms with van der Waals surface area (Å²) in [6.07, 6.45) is 4.67. The van der Waals surface area contributed by atoms with Crippen molar-refractivity contribution in [3.8, 4) is 11.5 Å². The third-order valence-electron chi connectivity index (χ3n) is 6.71. The summed E-state index contributed by atoms with van der Waals surface area (Å²) in [6.45, 7) is 4.16. The number of benzene rings is 3. The van der Waals surface area contributed by atoms with Crippen LogP contribution in [0.2, 0.25) is 0 Å². The van der Waals surface area contributed by atoms with E-state index in [0.717, 1.165) is 34.4 Å². The Morgan fingerprint density at radius 1 is 0.647 bits per heavy atom. The highest BCUT2D eigenvalue weighted by Gasteiger charge is 2.37. The van der Waals surface area contributed by atoms with Gasteiger partial charge in [-0.3, -0.25) is 9.59 Å². The van der Waals surface area contributed by atoms with Gasteiger partial charge in [0.1, 0.15) is 11.5 Å². The Hall–Kier alpha value is -2.96. The van der Waals surface area contributed by atoms with E-state index in [-0.39, 0.29) is 36.4 Å². The lowest BCUT2D eigenvalue weighted by Crippen LogP contribution is -2.12. The lowest BCUT2D eigenvalue weighted by Gasteiger charge is -2.16. The van der Waals surface area contributed by atoms with Gasteiger partial charge in [-0.05, 0) is 25.7 Å². The normalized spacial score (nSPS) is 23.1. The van der Waals surface area contributed by atoms with Crippen LogP contribution in [-0.2, 0) is 19.1 Å². The lowest BCUT2D eigenvalue weighted by atomic mass is 10.0. The maximum atomic E-state index is 12.7. The van der Waals surface area contributed by atoms with Gasteiger partial charge in [0.15, 0.2) is 0 Å². The standard InChI is InChI=1S/C28H30O6/c1-3-21-23(31-21)13-15-25(29)33-27-17-9-5-7-11-19(17)28(20-12-8-6-10-18(20)27)34-26(30)16-14-24-22(4-2)32-24/h5-12,21-24H,3-4,13-16H2,1-2H3. The lowest BCUT2D eigenvalue weighted by molar-refractivity contribution is -0.135. The molecule has 0 aromatic heterocycles. The van der Waals surface area contributed by atoms with E-state index in [9.17, 15) is 9.59 Å². The highest BCUT2D eigenvalue weighted by Crippen LogP contribution is 2.43. The number of epoxide rings is 2. The fraction of sp³-hybridized carbons (Fsp3) is 0.429. The zero-order valence-electron chi connectivity index (χ0n) is 19.6. The Labute approximate surface area is 199 Å². The zero-order chi connectivity index (χ0) is 23.7. The maximum Gasteiger partial charge on any atom is 0.311 e. The second-order valence-electron chi connectivity index (χ2n) is 9.02. The molecule has 0 radical (unpaired) electrons. The van der Waals surface area contributed by atoms with Crippen molar-refractivity contribution in [2.75, 3.05) is 0 Å². The van der Waals surface area contributed by atoms with Gasteiger partial charge in [-0.2, -0.15) is 0 Å². The molecule has 0 bridgehead atoms. The van der Waals surface area contributed by atoms with Crippen LogP contribution in [0, 0.1) is 0 Å². The summed E-state index contributed by atoms with van der Waals surface area (Å²) < 4.78 is 22.9. The molecule has 178 valence electrons. The molecule has 2 aliphatic rings. The van der Waals surface area contributed by atoms with E-state index in [1.807, 2.05) is 48.5 Å². The highest BCUT2D eigenvalue weighted by atomic mass is 16.6. The van der Waals surface area contributed by atoms with Crippen LogP contribution in [-0.4, -0.2) is 36.4 Å². The Morgan fingerprint density at radius 3 is 1.29 bits per heavy atom. The Bertz CT molecular complexity index is 1070. The van der Waals surface area contributed by atoms with Crippen molar-refractivity contribution in [2.24, 2.45) is 0 Å². The first-order valence-electron chi connectivity index (χ1n) is 12.2. The van der Waals surface area contributed by atoms with Crippen molar-refractivity contribution in [1.29, 1.82) is 0 Å². The molecular formula is C28H30O6. The topological polar surface area (TPSA) is 77.7 Å². The van der Waals surface area contributed by atoms with E-state index >= 15 is 0 Å². The zero-order valence-corrected chi connectivity index (χ0v) is 19.6. The summed E-state index contributed by atoms with van der Waals surface area (Å²) >= 11 is 0. The number of fused-ring (bicyclic) bond motifs is 2. The van der Waals surface area contributed by atoms with E-state index in [1.54, 1.807) is 0 Å². The number of carbonyl (C=O) groups is 2. The molecule has 6 heteroatoms. The number of esters is 2. The predicted octanol–water partition coefficient (Wildman–Crippen LogP) is 5.72. The molecule has 6 nitrogen and oxygen atoms in total. The fourth-order valence-electron chi connectivity index (χ4n) is 4.70. The van der Waals surface area contributed by atoms with Crippen LogP contribution in [0.3, 0.4) is 0 Å². The second kappa shape index (κ2) is 9.72. The molecule has 0 amide bonds. The molecule has 3 aromatic rings. The number of carbonyl (C=O) groups excluding carboxylic acids is 2. The van der Waals surface area contributed by atoms with Gasteiger partial charge in [0, 0.05) is 34.4 Å². The molecular weight excluding hydrogens is 432 g/mol. The van der Waals surface area contributed by atoms with Gasteiger partial charge in [0.2, 0.25) is 0 Å². The van der Waals surface area contributed by atoms with Crippen molar-refractivity contribution >= 4 is 33.5 Å². The van der Waals surface area contributed by atoms with Crippen molar-refractivity contribution in [3.05, 3.63) is 48.5 Å². The molecule has 0 aliphatic carbocycles. The van der Waals surface area contributed by atoms with Crippen molar-refractivity contribution in [2.45, 2.75) is 76.8 Å². The van der Waals surface area contributed by atoms with Crippen LogP contribution in [0.25, 0.3) is 21.5 Å². The van der Waals surface area contributed by atoms with Gasteiger partial charge in [-0.1, -0.05) is 62.4 Å². The second-order valence-corrected chi connectivity index (χ2v) is 9.02.